The van der Waals surface area contributed by atoms with Crippen LogP contribution in [0.3, 0.4) is 0 Å². The van der Waals surface area contributed by atoms with Crippen molar-refractivity contribution < 1.29 is 22.7 Å². The molecule has 0 bridgehead atoms. The lowest BCUT2D eigenvalue weighted by Gasteiger charge is -2.26. The Balaban J connectivity index is 1.50. The zero-order valence-corrected chi connectivity index (χ0v) is 18.8. The molecule has 170 valence electrons. The van der Waals surface area contributed by atoms with E-state index in [0.717, 1.165) is 5.56 Å². The second-order valence-electron chi connectivity index (χ2n) is 7.94. The number of nitrogens with one attached hydrogen (secondary N) is 1. The Morgan fingerprint density at radius 1 is 1.09 bits per heavy atom. The number of fused-ring (bicyclic) bond motifs is 1. The number of morpholine rings is 1. The van der Waals surface area contributed by atoms with E-state index in [-0.39, 0.29) is 23.1 Å². The summed E-state index contributed by atoms with van der Waals surface area (Å²) in [7, 11) is -3.65. The van der Waals surface area contributed by atoms with Gasteiger partial charge in [0.2, 0.25) is 21.8 Å². The summed E-state index contributed by atoms with van der Waals surface area (Å²) in [4.78, 5) is 26.9. The maximum absolute atomic E-state index is 13.0. The number of benzene rings is 2. The summed E-state index contributed by atoms with van der Waals surface area (Å²) in [6, 6.07) is 13.9. The molecule has 1 atom stereocenters. The lowest BCUT2D eigenvalue weighted by molar-refractivity contribution is -0.125. The summed E-state index contributed by atoms with van der Waals surface area (Å²) in [5, 5.41) is 2.92. The number of sulfonamides is 1. The molecule has 9 heteroatoms. The third-order valence-corrected chi connectivity index (χ3v) is 7.74. The monoisotopic (exact) mass is 457 g/mol. The van der Waals surface area contributed by atoms with Gasteiger partial charge in [-0.3, -0.25) is 14.5 Å². The molecule has 32 heavy (non-hydrogen) atoms. The minimum Gasteiger partial charge on any atom is -0.379 e. The maximum Gasteiger partial charge on any atom is 0.243 e. The van der Waals surface area contributed by atoms with Gasteiger partial charge in [-0.25, -0.2) is 8.42 Å². The molecule has 0 radical (unpaired) electrons. The summed E-state index contributed by atoms with van der Waals surface area (Å²) >= 11 is 0. The van der Waals surface area contributed by atoms with Gasteiger partial charge >= 0.3 is 0 Å². The quantitative estimate of drug-likeness (QED) is 0.706. The van der Waals surface area contributed by atoms with E-state index in [2.05, 4.69) is 5.32 Å². The third-order valence-electron chi connectivity index (χ3n) is 5.84. The Kier molecular flexibility index (Phi) is 6.59. The topological polar surface area (TPSA) is 96.0 Å². The van der Waals surface area contributed by atoms with Crippen LogP contribution in [0.4, 0.5) is 5.69 Å². The number of carbonyl (C=O) groups is 2. The van der Waals surface area contributed by atoms with Gasteiger partial charge in [0.1, 0.15) is 6.04 Å². The molecular formula is C23H27N3O5S. The third kappa shape index (κ3) is 4.55. The minimum absolute atomic E-state index is 0.173. The minimum atomic E-state index is -3.65. The molecule has 2 aromatic rings. The fourth-order valence-electron chi connectivity index (χ4n) is 4.22. The number of anilines is 1. The summed E-state index contributed by atoms with van der Waals surface area (Å²) in [5.74, 6) is -0.499. The first-order valence-electron chi connectivity index (χ1n) is 10.7. The summed E-state index contributed by atoms with van der Waals surface area (Å²) in [5.41, 5.74) is 2.38. The molecular weight excluding hydrogens is 430 g/mol. The Bertz CT molecular complexity index is 1100. The Morgan fingerprint density at radius 2 is 1.81 bits per heavy atom. The average Bonchev–Trinajstić information content (AvgIpc) is 3.19. The molecule has 1 N–H and O–H groups in total. The van der Waals surface area contributed by atoms with Gasteiger partial charge in [-0.15, -0.1) is 0 Å². The molecule has 1 fully saturated rings. The number of nitrogens with zero attached hydrogens (tertiary/aromatic N) is 2. The van der Waals surface area contributed by atoms with E-state index in [1.807, 2.05) is 30.3 Å². The number of ether oxygens (including phenoxy) is 1. The molecule has 1 unspecified atom stereocenters. The van der Waals surface area contributed by atoms with E-state index in [1.54, 1.807) is 12.1 Å². The van der Waals surface area contributed by atoms with E-state index in [9.17, 15) is 18.0 Å². The van der Waals surface area contributed by atoms with E-state index in [0.29, 0.717) is 50.5 Å². The summed E-state index contributed by atoms with van der Waals surface area (Å²) in [6.07, 6.45) is 0.965. The Morgan fingerprint density at radius 3 is 2.50 bits per heavy atom. The molecule has 2 heterocycles. The van der Waals surface area contributed by atoms with Gasteiger partial charge in [-0.1, -0.05) is 30.3 Å². The molecule has 1 saturated heterocycles. The second kappa shape index (κ2) is 9.40. The summed E-state index contributed by atoms with van der Waals surface area (Å²) in [6.45, 7) is 3.23. The van der Waals surface area contributed by atoms with Crippen molar-refractivity contribution in [3.8, 4) is 0 Å². The maximum atomic E-state index is 13.0. The molecule has 0 aliphatic carbocycles. The van der Waals surface area contributed by atoms with Crippen molar-refractivity contribution in [1.82, 2.24) is 9.62 Å². The second-order valence-corrected chi connectivity index (χ2v) is 9.88. The molecule has 0 spiro atoms. The van der Waals surface area contributed by atoms with E-state index in [1.165, 1.54) is 22.2 Å². The van der Waals surface area contributed by atoms with Crippen molar-refractivity contribution in [2.24, 2.45) is 0 Å². The molecule has 0 saturated carbocycles. The molecule has 0 aromatic heterocycles. The fourth-order valence-corrected chi connectivity index (χ4v) is 5.68. The Labute approximate surface area is 188 Å². The summed E-state index contributed by atoms with van der Waals surface area (Å²) < 4.78 is 32.7. The van der Waals surface area contributed by atoms with Crippen molar-refractivity contribution in [1.29, 1.82) is 0 Å². The van der Waals surface area contributed by atoms with E-state index >= 15 is 0 Å². The zero-order chi connectivity index (χ0) is 22.7. The number of hydrogen-bond acceptors (Lipinski definition) is 5. The Hall–Kier alpha value is -2.75. The lowest BCUT2D eigenvalue weighted by Crippen LogP contribution is -2.47. The van der Waals surface area contributed by atoms with Crippen molar-refractivity contribution in [3.05, 3.63) is 59.7 Å². The predicted molar refractivity (Wildman–Crippen MR) is 120 cm³/mol. The van der Waals surface area contributed by atoms with Crippen LogP contribution in [-0.2, 0) is 37.2 Å². The number of amides is 2. The van der Waals surface area contributed by atoms with E-state index in [4.69, 9.17) is 4.74 Å². The largest absolute Gasteiger partial charge is 0.379 e. The fraction of sp³-hybridized carbons (Fsp3) is 0.391. The first-order chi connectivity index (χ1) is 15.4. The first-order valence-corrected chi connectivity index (χ1v) is 12.1. The molecule has 2 amide bonds. The molecule has 2 aliphatic heterocycles. The number of hydrogen-bond donors (Lipinski definition) is 1. The van der Waals surface area contributed by atoms with Gasteiger partial charge in [-0.2, -0.15) is 4.31 Å². The number of carbonyl (C=O) groups excluding carboxylic acids is 2. The highest BCUT2D eigenvalue weighted by Gasteiger charge is 2.38. The van der Waals surface area contributed by atoms with Gasteiger partial charge in [0.25, 0.3) is 0 Å². The molecule has 2 aliphatic rings. The van der Waals surface area contributed by atoms with Crippen LogP contribution in [-0.4, -0.2) is 63.4 Å². The van der Waals surface area contributed by atoms with Crippen LogP contribution in [0.5, 0.6) is 0 Å². The van der Waals surface area contributed by atoms with Crippen LogP contribution in [0.2, 0.25) is 0 Å². The van der Waals surface area contributed by atoms with Gasteiger partial charge in [0, 0.05) is 38.7 Å². The van der Waals surface area contributed by atoms with Gasteiger partial charge in [0.05, 0.1) is 18.1 Å². The van der Waals surface area contributed by atoms with E-state index < -0.39 is 16.1 Å². The van der Waals surface area contributed by atoms with Crippen molar-refractivity contribution in [2.75, 3.05) is 37.7 Å². The predicted octanol–water partition coefficient (Wildman–Crippen LogP) is 1.34. The van der Waals surface area contributed by atoms with Crippen LogP contribution in [0.25, 0.3) is 0 Å². The highest BCUT2D eigenvalue weighted by atomic mass is 32.2. The zero-order valence-electron chi connectivity index (χ0n) is 18.0. The van der Waals surface area contributed by atoms with Crippen molar-refractivity contribution >= 4 is 27.5 Å². The van der Waals surface area contributed by atoms with Gasteiger partial charge in [-0.05, 0) is 35.7 Å². The highest BCUT2D eigenvalue weighted by molar-refractivity contribution is 7.89. The average molecular weight is 458 g/mol. The number of rotatable bonds is 6. The van der Waals surface area contributed by atoms with Crippen LogP contribution >= 0.6 is 0 Å². The van der Waals surface area contributed by atoms with Crippen LogP contribution in [0.1, 0.15) is 18.1 Å². The van der Waals surface area contributed by atoms with Crippen LogP contribution in [0, 0.1) is 0 Å². The van der Waals surface area contributed by atoms with Crippen LogP contribution in [0.15, 0.2) is 53.4 Å². The van der Waals surface area contributed by atoms with Crippen LogP contribution < -0.4 is 10.2 Å². The standard InChI is InChI=1S/C23H27N3O5S/c1-17(27)26-21-8-7-20(32(29,30)25-11-13-31-14-12-25)15-19(21)16-22(26)23(28)24-10-9-18-5-3-2-4-6-18/h2-8,15,22H,9-14,16H2,1H3,(H,24,28). The smallest absolute Gasteiger partial charge is 0.243 e. The molecule has 2 aromatic carbocycles. The van der Waals surface area contributed by atoms with Gasteiger partial charge < -0.3 is 10.1 Å². The van der Waals surface area contributed by atoms with Crippen molar-refractivity contribution in [3.63, 3.8) is 0 Å². The SMILES string of the molecule is CC(=O)N1c2ccc(S(=O)(=O)N3CCOCC3)cc2CC1C(=O)NCCc1ccccc1. The van der Waals surface area contributed by atoms with Crippen molar-refractivity contribution in [2.45, 2.75) is 30.7 Å². The lowest BCUT2D eigenvalue weighted by atomic mass is 10.1. The molecule has 4 rings (SSSR count). The first kappa shape index (κ1) is 22.4. The molecule has 8 nitrogen and oxygen atoms in total. The highest BCUT2D eigenvalue weighted by Crippen LogP contribution is 2.35. The normalized spacial score (nSPS) is 18.9. The van der Waals surface area contributed by atoms with Gasteiger partial charge in [0.15, 0.2) is 0 Å².